The average Bonchev–Trinajstić information content (AvgIpc) is 2.80. The molecule has 0 unspecified atom stereocenters. The molecule has 2 aromatic rings. The highest BCUT2D eigenvalue weighted by atomic mass is 35.5. The van der Waals surface area contributed by atoms with Gasteiger partial charge in [0, 0.05) is 20.0 Å². The standard InChI is InChI=1S/C28H42N2O.ClH/c1-30(28(31)22-12-7-15-23-29)24-27-21-14-13-20-26(27)19-11-5-3-2-4-8-16-25-17-9-6-10-18-25;/h6,9-10,13-14,17-18,20-21H,2-5,7-8,11-12,15-16,19,22-24,29H2,1H3;1H. The zero-order valence-electron chi connectivity index (χ0n) is 19.9. The van der Waals surface area contributed by atoms with Gasteiger partial charge in [-0.15, -0.1) is 12.4 Å². The van der Waals surface area contributed by atoms with Crippen molar-refractivity contribution in [3.8, 4) is 0 Å². The van der Waals surface area contributed by atoms with E-state index in [1.807, 2.05) is 11.9 Å². The molecule has 4 heteroatoms. The zero-order chi connectivity index (χ0) is 22.2. The second kappa shape index (κ2) is 17.7. The first kappa shape index (κ1) is 28.2. The number of amides is 1. The molecule has 0 spiro atoms. The highest BCUT2D eigenvalue weighted by molar-refractivity contribution is 5.85. The summed E-state index contributed by atoms with van der Waals surface area (Å²) < 4.78 is 0. The molecule has 0 aliphatic rings. The molecule has 0 saturated heterocycles. The van der Waals surface area contributed by atoms with Crippen LogP contribution in [0.5, 0.6) is 0 Å². The monoisotopic (exact) mass is 458 g/mol. The van der Waals surface area contributed by atoms with Crippen molar-refractivity contribution in [3.63, 3.8) is 0 Å². The number of carbonyl (C=O) groups is 1. The number of carbonyl (C=O) groups excluding carboxylic acids is 1. The van der Waals surface area contributed by atoms with E-state index >= 15 is 0 Å². The first-order chi connectivity index (χ1) is 15.2. The van der Waals surface area contributed by atoms with Crippen molar-refractivity contribution in [2.45, 2.75) is 83.6 Å². The maximum atomic E-state index is 12.4. The van der Waals surface area contributed by atoms with E-state index in [1.165, 1.54) is 61.6 Å². The summed E-state index contributed by atoms with van der Waals surface area (Å²) in [6.07, 6.45) is 13.7. The van der Waals surface area contributed by atoms with E-state index in [0.29, 0.717) is 19.5 Å². The molecule has 0 fully saturated rings. The Morgan fingerprint density at radius 2 is 1.28 bits per heavy atom. The van der Waals surface area contributed by atoms with E-state index in [-0.39, 0.29) is 18.3 Å². The molecule has 178 valence electrons. The molecule has 0 atom stereocenters. The molecule has 2 rings (SSSR count). The van der Waals surface area contributed by atoms with E-state index in [9.17, 15) is 4.79 Å². The smallest absolute Gasteiger partial charge is 0.222 e. The van der Waals surface area contributed by atoms with Crippen molar-refractivity contribution >= 4 is 18.3 Å². The van der Waals surface area contributed by atoms with Gasteiger partial charge in [-0.1, -0.05) is 86.7 Å². The number of aryl methyl sites for hydroxylation is 2. The predicted molar refractivity (Wildman–Crippen MR) is 139 cm³/mol. The van der Waals surface area contributed by atoms with Crippen LogP contribution >= 0.6 is 12.4 Å². The molecule has 32 heavy (non-hydrogen) atoms. The number of unbranched alkanes of at least 4 members (excludes halogenated alkanes) is 7. The van der Waals surface area contributed by atoms with E-state index in [0.717, 1.165) is 25.7 Å². The first-order valence-corrected chi connectivity index (χ1v) is 12.3. The second-order valence-electron chi connectivity index (χ2n) is 8.72. The summed E-state index contributed by atoms with van der Waals surface area (Å²) in [4.78, 5) is 14.3. The van der Waals surface area contributed by atoms with Crippen molar-refractivity contribution in [1.82, 2.24) is 4.90 Å². The van der Waals surface area contributed by atoms with Crippen LogP contribution in [0.4, 0.5) is 0 Å². The zero-order valence-corrected chi connectivity index (χ0v) is 20.8. The summed E-state index contributed by atoms with van der Waals surface area (Å²) in [5.74, 6) is 0.238. The summed E-state index contributed by atoms with van der Waals surface area (Å²) in [5.41, 5.74) is 9.68. The lowest BCUT2D eigenvalue weighted by Gasteiger charge is -2.19. The van der Waals surface area contributed by atoms with Crippen molar-refractivity contribution in [2.24, 2.45) is 5.73 Å². The van der Waals surface area contributed by atoms with E-state index in [2.05, 4.69) is 54.6 Å². The van der Waals surface area contributed by atoms with Gasteiger partial charge in [-0.25, -0.2) is 0 Å². The van der Waals surface area contributed by atoms with Crippen LogP contribution in [0.3, 0.4) is 0 Å². The van der Waals surface area contributed by atoms with Crippen LogP contribution in [0.1, 0.15) is 80.9 Å². The maximum Gasteiger partial charge on any atom is 0.222 e. The molecule has 0 bridgehead atoms. The second-order valence-corrected chi connectivity index (χ2v) is 8.72. The van der Waals surface area contributed by atoms with Gasteiger partial charge in [0.15, 0.2) is 0 Å². The van der Waals surface area contributed by atoms with Crippen LogP contribution in [0.15, 0.2) is 54.6 Å². The van der Waals surface area contributed by atoms with Crippen LogP contribution in [0.25, 0.3) is 0 Å². The quantitative estimate of drug-likeness (QED) is 0.284. The third kappa shape index (κ3) is 11.7. The summed E-state index contributed by atoms with van der Waals surface area (Å²) in [7, 11) is 1.93. The number of hydrogen-bond donors (Lipinski definition) is 1. The first-order valence-electron chi connectivity index (χ1n) is 12.3. The number of hydrogen-bond acceptors (Lipinski definition) is 2. The molecule has 0 heterocycles. The van der Waals surface area contributed by atoms with Gasteiger partial charge >= 0.3 is 0 Å². The Bertz CT molecular complexity index is 735. The van der Waals surface area contributed by atoms with E-state index in [1.54, 1.807) is 0 Å². The Morgan fingerprint density at radius 3 is 1.97 bits per heavy atom. The Labute approximate surface area is 202 Å². The average molecular weight is 459 g/mol. The minimum atomic E-state index is 0. The highest BCUT2D eigenvalue weighted by Crippen LogP contribution is 2.17. The van der Waals surface area contributed by atoms with Gasteiger partial charge in [0.1, 0.15) is 0 Å². The van der Waals surface area contributed by atoms with Gasteiger partial charge in [0.2, 0.25) is 5.91 Å². The molecule has 0 saturated carbocycles. The Kier molecular flexibility index (Phi) is 15.6. The maximum absolute atomic E-state index is 12.4. The fraction of sp³-hybridized carbons (Fsp3) is 0.536. The molecular weight excluding hydrogens is 416 g/mol. The van der Waals surface area contributed by atoms with Crippen molar-refractivity contribution in [1.29, 1.82) is 0 Å². The van der Waals surface area contributed by atoms with Crippen LogP contribution in [0.2, 0.25) is 0 Å². The number of nitrogens with two attached hydrogens (primary N) is 1. The third-order valence-corrected chi connectivity index (χ3v) is 6.05. The van der Waals surface area contributed by atoms with Gasteiger partial charge in [-0.2, -0.15) is 0 Å². The fourth-order valence-electron chi connectivity index (χ4n) is 4.08. The SMILES string of the molecule is CN(Cc1ccccc1CCCCCCCCc1ccccc1)C(=O)CCCCCN.Cl. The molecule has 1 amide bonds. The molecule has 0 aliphatic carbocycles. The molecule has 2 N–H and O–H groups in total. The lowest BCUT2D eigenvalue weighted by Crippen LogP contribution is -2.26. The lowest BCUT2D eigenvalue weighted by atomic mass is 9.99. The number of rotatable bonds is 16. The Morgan fingerprint density at radius 1 is 0.719 bits per heavy atom. The molecule has 0 aliphatic heterocycles. The van der Waals surface area contributed by atoms with Crippen LogP contribution in [-0.4, -0.2) is 24.4 Å². The predicted octanol–water partition coefficient (Wildman–Crippen LogP) is 6.71. The van der Waals surface area contributed by atoms with Crippen molar-refractivity contribution in [2.75, 3.05) is 13.6 Å². The van der Waals surface area contributed by atoms with Crippen molar-refractivity contribution < 1.29 is 4.79 Å². The summed E-state index contributed by atoms with van der Waals surface area (Å²) in [6, 6.07) is 19.4. The van der Waals surface area contributed by atoms with Gasteiger partial charge in [0.05, 0.1) is 0 Å². The molecule has 3 nitrogen and oxygen atoms in total. The van der Waals surface area contributed by atoms with Gasteiger partial charge in [-0.05, 0) is 61.8 Å². The number of benzene rings is 2. The number of nitrogens with zero attached hydrogens (tertiary/aromatic N) is 1. The van der Waals surface area contributed by atoms with Crippen LogP contribution < -0.4 is 5.73 Å². The highest BCUT2D eigenvalue weighted by Gasteiger charge is 2.11. The summed E-state index contributed by atoms with van der Waals surface area (Å²) in [5, 5.41) is 0. The summed E-state index contributed by atoms with van der Waals surface area (Å²) >= 11 is 0. The molecule has 0 aromatic heterocycles. The Balaban J connectivity index is 0.00000512. The molecular formula is C28H43ClN2O. The largest absolute Gasteiger partial charge is 0.341 e. The van der Waals surface area contributed by atoms with Gasteiger partial charge < -0.3 is 10.6 Å². The third-order valence-electron chi connectivity index (χ3n) is 6.05. The van der Waals surface area contributed by atoms with Gasteiger partial charge in [-0.3, -0.25) is 4.79 Å². The van der Waals surface area contributed by atoms with Gasteiger partial charge in [0.25, 0.3) is 0 Å². The lowest BCUT2D eigenvalue weighted by molar-refractivity contribution is -0.130. The Hall–Kier alpha value is -1.84. The normalized spacial score (nSPS) is 10.6. The minimum Gasteiger partial charge on any atom is -0.341 e. The van der Waals surface area contributed by atoms with Crippen LogP contribution in [-0.2, 0) is 24.2 Å². The minimum absolute atomic E-state index is 0. The van der Waals surface area contributed by atoms with E-state index < -0.39 is 0 Å². The van der Waals surface area contributed by atoms with Crippen LogP contribution in [0, 0.1) is 0 Å². The molecule has 0 radical (unpaired) electrons. The molecule has 2 aromatic carbocycles. The summed E-state index contributed by atoms with van der Waals surface area (Å²) in [6.45, 7) is 1.43. The van der Waals surface area contributed by atoms with Crippen molar-refractivity contribution in [3.05, 3.63) is 71.3 Å². The topological polar surface area (TPSA) is 46.3 Å². The fourth-order valence-corrected chi connectivity index (χ4v) is 4.08. The van der Waals surface area contributed by atoms with E-state index in [4.69, 9.17) is 5.73 Å². The number of halogens is 1.